The van der Waals surface area contributed by atoms with Gasteiger partial charge in [0.1, 0.15) is 5.75 Å². The molecular weight excluding hydrogens is 290 g/mol. The predicted octanol–water partition coefficient (Wildman–Crippen LogP) is 1.81. The molecule has 1 aromatic carbocycles. The van der Waals surface area contributed by atoms with Crippen LogP contribution in [0.1, 0.15) is 0 Å². The summed E-state index contributed by atoms with van der Waals surface area (Å²) in [6.07, 6.45) is 2.05. The van der Waals surface area contributed by atoms with Crippen LogP contribution in [0.3, 0.4) is 0 Å². The van der Waals surface area contributed by atoms with Crippen LogP contribution in [-0.2, 0) is 0 Å². The first-order valence-electron chi connectivity index (χ1n) is 7.80. The molecule has 0 amide bonds. The van der Waals surface area contributed by atoms with Gasteiger partial charge in [0.2, 0.25) is 0 Å². The van der Waals surface area contributed by atoms with Crippen molar-refractivity contribution in [2.75, 3.05) is 38.2 Å². The number of hydrogen-bond acceptors (Lipinski definition) is 5. The topological polar surface area (TPSA) is 54.7 Å². The van der Waals surface area contributed by atoms with E-state index >= 15 is 0 Å². The van der Waals surface area contributed by atoms with E-state index in [-0.39, 0.29) is 0 Å². The molecule has 1 aliphatic rings. The number of fused-ring (bicyclic) bond motifs is 1. The molecule has 1 fully saturated rings. The third-order valence-corrected chi connectivity index (χ3v) is 4.22. The summed E-state index contributed by atoms with van der Waals surface area (Å²) in [6, 6.07) is 12.1. The van der Waals surface area contributed by atoms with Crippen molar-refractivity contribution >= 4 is 11.3 Å². The van der Waals surface area contributed by atoms with Gasteiger partial charge in [-0.05, 0) is 30.3 Å². The second-order valence-electron chi connectivity index (χ2n) is 5.60. The lowest BCUT2D eigenvalue weighted by atomic mass is 10.2. The first-order chi connectivity index (χ1) is 11.3. The molecule has 0 saturated carbocycles. The maximum atomic E-state index is 5.20. The number of aromatic nitrogens is 3. The minimum atomic E-state index is 0.837. The Morgan fingerprint density at radius 1 is 1.04 bits per heavy atom. The molecule has 118 valence electrons. The number of methoxy groups -OCH3 is 1. The molecule has 1 saturated heterocycles. The van der Waals surface area contributed by atoms with Crippen molar-refractivity contribution in [1.82, 2.24) is 19.9 Å². The summed E-state index contributed by atoms with van der Waals surface area (Å²) in [5, 5.41) is 12.1. The normalized spacial score (nSPS) is 15.1. The van der Waals surface area contributed by atoms with Gasteiger partial charge in [-0.15, -0.1) is 10.2 Å². The van der Waals surface area contributed by atoms with Crippen LogP contribution in [0.5, 0.6) is 5.75 Å². The van der Waals surface area contributed by atoms with Crippen LogP contribution in [-0.4, -0.2) is 47.9 Å². The largest absolute Gasteiger partial charge is 0.497 e. The lowest BCUT2D eigenvalue weighted by molar-refractivity contribution is 0.415. The van der Waals surface area contributed by atoms with E-state index in [9.17, 15) is 0 Å². The van der Waals surface area contributed by atoms with Crippen molar-refractivity contribution in [1.29, 1.82) is 0 Å². The van der Waals surface area contributed by atoms with Gasteiger partial charge in [0, 0.05) is 49.7 Å². The molecule has 1 aliphatic heterocycles. The molecule has 0 unspecified atom stereocenters. The Bertz CT molecular complexity index is 805. The zero-order valence-electron chi connectivity index (χ0n) is 13.1. The SMILES string of the molecule is COc1ccc(-c2nnc3cc(N4CCNCC4)ccn23)cc1. The first kappa shape index (κ1) is 14.0. The first-order valence-corrected chi connectivity index (χ1v) is 7.80. The van der Waals surface area contributed by atoms with Crippen LogP contribution in [0, 0.1) is 0 Å². The van der Waals surface area contributed by atoms with Gasteiger partial charge in [0.25, 0.3) is 0 Å². The quantitative estimate of drug-likeness (QED) is 0.800. The van der Waals surface area contributed by atoms with Crippen molar-refractivity contribution in [2.24, 2.45) is 0 Å². The molecule has 3 aromatic rings. The van der Waals surface area contributed by atoms with E-state index in [1.807, 2.05) is 34.9 Å². The van der Waals surface area contributed by atoms with Gasteiger partial charge in [-0.3, -0.25) is 4.40 Å². The number of nitrogens with one attached hydrogen (secondary N) is 1. The number of nitrogens with zero attached hydrogens (tertiary/aromatic N) is 4. The fraction of sp³-hybridized carbons (Fsp3) is 0.294. The lowest BCUT2D eigenvalue weighted by Gasteiger charge is -2.29. The van der Waals surface area contributed by atoms with E-state index in [0.717, 1.165) is 49.0 Å². The Morgan fingerprint density at radius 2 is 1.83 bits per heavy atom. The maximum Gasteiger partial charge on any atom is 0.168 e. The molecular formula is C17H19N5O. The second-order valence-corrected chi connectivity index (χ2v) is 5.60. The summed E-state index contributed by atoms with van der Waals surface area (Å²) in [4.78, 5) is 2.37. The maximum absolute atomic E-state index is 5.20. The van der Waals surface area contributed by atoms with E-state index in [1.165, 1.54) is 5.69 Å². The molecule has 23 heavy (non-hydrogen) atoms. The number of ether oxygens (including phenoxy) is 1. The van der Waals surface area contributed by atoms with Crippen LogP contribution in [0.25, 0.3) is 17.0 Å². The van der Waals surface area contributed by atoms with Gasteiger partial charge in [-0.1, -0.05) is 0 Å². The second kappa shape index (κ2) is 5.89. The molecule has 0 radical (unpaired) electrons. The third-order valence-electron chi connectivity index (χ3n) is 4.22. The van der Waals surface area contributed by atoms with Crippen molar-refractivity contribution < 1.29 is 4.74 Å². The summed E-state index contributed by atoms with van der Waals surface area (Å²) < 4.78 is 7.22. The molecule has 0 bridgehead atoms. The predicted molar refractivity (Wildman–Crippen MR) is 90.1 cm³/mol. The van der Waals surface area contributed by atoms with Gasteiger partial charge >= 0.3 is 0 Å². The highest BCUT2D eigenvalue weighted by atomic mass is 16.5. The minimum Gasteiger partial charge on any atom is -0.497 e. The smallest absolute Gasteiger partial charge is 0.168 e. The number of rotatable bonds is 3. The molecule has 4 rings (SSSR count). The number of piperazine rings is 1. The van der Waals surface area contributed by atoms with Gasteiger partial charge in [0.05, 0.1) is 7.11 Å². The Morgan fingerprint density at radius 3 is 2.57 bits per heavy atom. The number of hydrogen-bond donors (Lipinski definition) is 1. The monoisotopic (exact) mass is 309 g/mol. The Hall–Kier alpha value is -2.60. The number of anilines is 1. The van der Waals surface area contributed by atoms with Crippen molar-refractivity contribution in [3.63, 3.8) is 0 Å². The summed E-state index contributed by atoms with van der Waals surface area (Å²) in [7, 11) is 1.67. The highest BCUT2D eigenvalue weighted by Gasteiger charge is 2.13. The summed E-state index contributed by atoms with van der Waals surface area (Å²) in [5.41, 5.74) is 3.09. The van der Waals surface area contributed by atoms with Crippen molar-refractivity contribution in [2.45, 2.75) is 0 Å². The van der Waals surface area contributed by atoms with Crippen LogP contribution in [0.2, 0.25) is 0 Å². The Labute approximate surface area is 134 Å². The number of pyridine rings is 1. The van der Waals surface area contributed by atoms with E-state index in [1.54, 1.807) is 7.11 Å². The molecule has 3 heterocycles. The molecule has 6 nitrogen and oxygen atoms in total. The van der Waals surface area contributed by atoms with Gasteiger partial charge in [-0.2, -0.15) is 0 Å². The number of benzene rings is 1. The summed E-state index contributed by atoms with van der Waals surface area (Å²) >= 11 is 0. The van der Waals surface area contributed by atoms with Gasteiger partial charge < -0.3 is 15.0 Å². The standard InChI is InChI=1S/C17H19N5O/c1-23-15-4-2-13(3-5-15)17-20-19-16-12-14(6-9-22(16)17)21-10-7-18-8-11-21/h2-6,9,12,18H,7-8,10-11H2,1H3. The third kappa shape index (κ3) is 2.61. The fourth-order valence-corrected chi connectivity index (χ4v) is 2.94. The van der Waals surface area contributed by atoms with Gasteiger partial charge in [0.15, 0.2) is 11.5 Å². The lowest BCUT2D eigenvalue weighted by Crippen LogP contribution is -2.43. The molecule has 6 heteroatoms. The van der Waals surface area contributed by atoms with Crippen LogP contribution >= 0.6 is 0 Å². The minimum absolute atomic E-state index is 0.837. The fourth-order valence-electron chi connectivity index (χ4n) is 2.94. The van der Waals surface area contributed by atoms with Crippen LogP contribution in [0.15, 0.2) is 42.6 Å². The highest BCUT2D eigenvalue weighted by molar-refractivity contribution is 5.64. The zero-order valence-corrected chi connectivity index (χ0v) is 13.1. The molecule has 0 aliphatic carbocycles. The van der Waals surface area contributed by atoms with Crippen molar-refractivity contribution in [3.8, 4) is 17.1 Å². The Balaban J connectivity index is 1.69. The average Bonchev–Trinajstić information content (AvgIpc) is 3.05. The van der Waals surface area contributed by atoms with Gasteiger partial charge in [-0.25, -0.2) is 0 Å². The molecule has 2 aromatic heterocycles. The zero-order chi connectivity index (χ0) is 15.6. The molecule has 1 N–H and O–H groups in total. The highest BCUT2D eigenvalue weighted by Crippen LogP contribution is 2.24. The van der Waals surface area contributed by atoms with E-state index < -0.39 is 0 Å². The summed E-state index contributed by atoms with van der Waals surface area (Å²) in [6.45, 7) is 4.09. The summed E-state index contributed by atoms with van der Waals surface area (Å²) in [5.74, 6) is 1.68. The average molecular weight is 309 g/mol. The van der Waals surface area contributed by atoms with E-state index in [2.05, 4.69) is 32.5 Å². The van der Waals surface area contributed by atoms with Crippen molar-refractivity contribution in [3.05, 3.63) is 42.6 Å². The molecule has 0 spiro atoms. The van der Waals surface area contributed by atoms with Crippen LogP contribution in [0.4, 0.5) is 5.69 Å². The van der Waals surface area contributed by atoms with E-state index in [0.29, 0.717) is 0 Å². The van der Waals surface area contributed by atoms with E-state index in [4.69, 9.17) is 4.74 Å². The van der Waals surface area contributed by atoms with Crippen LogP contribution < -0.4 is 15.0 Å². The molecule has 0 atom stereocenters. The Kier molecular flexibility index (Phi) is 3.59.